The van der Waals surface area contributed by atoms with E-state index in [4.69, 9.17) is 0 Å². The molecule has 1 amide bonds. The van der Waals surface area contributed by atoms with E-state index in [0.29, 0.717) is 12.3 Å². The second kappa shape index (κ2) is 7.47. The summed E-state index contributed by atoms with van der Waals surface area (Å²) in [6.45, 7) is 2.82. The second-order valence-corrected chi connectivity index (χ2v) is 9.21. The predicted octanol–water partition coefficient (Wildman–Crippen LogP) is 6.31. The summed E-state index contributed by atoms with van der Waals surface area (Å²) in [4.78, 5) is 19.6. The van der Waals surface area contributed by atoms with Crippen LogP contribution in [0, 0.1) is 0 Å². The normalized spacial score (nSPS) is 16.1. The van der Waals surface area contributed by atoms with Crippen LogP contribution in [0.3, 0.4) is 0 Å². The number of carbonyl (C=O) groups excluding carboxylic acids is 1. The quantitative estimate of drug-likeness (QED) is 0.451. The lowest BCUT2D eigenvalue weighted by molar-refractivity contribution is -0.113. The first-order valence-electron chi connectivity index (χ1n) is 9.77. The van der Waals surface area contributed by atoms with Crippen LogP contribution in [-0.2, 0) is 4.79 Å². The Hall–Kier alpha value is -2.37. The minimum atomic E-state index is -0.0814. The third-order valence-electron chi connectivity index (χ3n) is 5.30. The molecule has 0 unspecified atom stereocenters. The molecule has 144 valence electrons. The molecule has 3 aromatic carbocycles. The summed E-state index contributed by atoms with van der Waals surface area (Å²) in [6, 6.07) is 19.0. The largest absolute Gasteiger partial charge is 0.319 e. The molecule has 3 aromatic rings. The molecule has 0 spiro atoms. The van der Waals surface area contributed by atoms with Crippen LogP contribution in [0.2, 0.25) is 0 Å². The van der Waals surface area contributed by atoms with Crippen LogP contribution in [0.1, 0.15) is 30.9 Å². The number of hydrogen-bond donors (Lipinski definition) is 1. The third kappa shape index (κ3) is 3.13. The summed E-state index contributed by atoms with van der Waals surface area (Å²) in [5.41, 5.74) is 4.67. The zero-order valence-corrected chi connectivity index (χ0v) is 18.4. The molecule has 5 rings (SSSR count). The number of nitrogens with one attached hydrogen (secondary N) is 1. The van der Waals surface area contributed by atoms with Crippen molar-refractivity contribution in [1.82, 2.24) is 5.32 Å². The molecule has 1 aliphatic heterocycles. The van der Waals surface area contributed by atoms with E-state index >= 15 is 0 Å². The van der Waals surface area contributed by atoms with Gasteiger partial charge in [0.05, 0.1) is 5.70 Å². The first-order valence-corrected chi connectivity index (χ1v) is 11.4. The number of halogens is 1. The molecule has 0 fully saturated rings. The van der Waals surface area contributed by atoms with Gasteiger partial charge in [0, 0.05) is 37.3 Å². The zero-order chi connectivity index (χ0) is 20.0. The van der Waals surface area contributed by atoms with E-state index in [1.165, 1.54) is 20.6 Å². The average molecular weight is 463 g/mol. The number of benzene rings is 3. The highest BCUT2D eigenvalue weighted by Crippen LogP contribution is 2.47. The van der Waals surface area contributed by atoms with E-state index in [-0.39, 0.29) is 5.91 Å². The van der Waals surface area contributed by atoms with Crippen LogP contribution in [0.5, 0.6) is 0 Å². The molecule has 0 saturated heterocycles. The predicted molar refractivity (Wildman–Crippen MR) is 124 cm³/mol. The summed E-state index contributed by atoms with van der Waals surface area (Å²) < 4.78 is 1.08. The fraction of sp³-hybridized carbons (Fsp3) is 0.167. The zero-order valence-electron chi connectivity index (χ0n) is 16.0. The first-order chi connectivity index (χ1) is 14.2. The van der Waals surface area contributed by atoms with Gasteiger partial charge in [-0.2, -0.15) is 0 Å². The molecule has 1 heterocycles. The summed E-state index contributed by atoms with van der Waals surface area (Å²) in [5, 5.41) is 5.50. The Labute approximate surface area is 182 Å². The number of aliphatic imine (C=N–C) groups is 1. The Kier molecular flexibility index (Phi) is 4.80. The minimum Gasteiger partial charge on any atom is -0.319 e. The van der Waals surface area contributed by atoms with E-state index in [0.717, 1.165) is 39.7 Å². The molecule has 2 aliphatic rings. The van der Waals surface area contributed by atoms with Gasteiger partial charge in [-0.3, -0.25) is 9.79 Å². The summed E-state index contributed by atoms with van der Waals surface area (Å²) >= 11 is 5.26. The Morgan fingerprint density at radius 3 is 2.66 bits per heavy atom. The molecule has 0 saturated carbocycles. The number of amides is 1. The molecule has 0 aromatic heterocycles. The average Bonchev–Trinajstić information content (AvgIpc) is 3.21. The number of fused-ring (bicyclic) bond motifs is 2. The summed E-state index contributed by atoms with van der Waals surface area (Å²) in [7, 11) is 0. The Morgan fingerprint density at radius 2 is 1.86 bits per heavy atom. The van der Waals surface area contributed by atoms with Gasteiger partial charge in [-0.1, -0.05) is 65.3 Å². The van der Waals surface area contributed by atoms with E-state index in [1.807, 2.05) is 0 Å². The van der Waals surface area contributed by atoms with Gasteiger partial charge in [0.2, 0.25) is 0 Å². The van der Waals surface area contributed by atoms with Crippen molar-refractivity contribution in [3.8, 4) is 0 Å². The number of unbranched alkanes of at least 4 members (excludes halogenated alkanes) is 1. The highest BCUT2D eigenvalue weighted by Gasteiger charge is 2.37. The molecular formula is C24H19BrN2OS. The van der Waals surface area contributed by atoms with Crippen molar-refractivity contribution in [2.75, 3.05) is 6.54 Å². The lowest BCUT2D eigenvalue weighted by atomic mass is 10.00. The molecule has 1 N–H and O–H groups in total. The van der Waals surface area contributed by atoms with Crippen LogP contribution in [0.4, 0.5) is 0 Å². The lowest BCUT2D eigenvalue weighted by Gasteiger charge is -2.12. The first kappa shape index (κ1) is 18.6. The maximum Gasteiger partial charge on any atom is 0.274 e. The van der Waals surface area contributed by atoms with Crippen molar-refractivity contribution in [2.45, 2.75) is 29.6 Å². The number of rotatable bonds is 5. The lowest BCUT2D eigenvalue weighted by Crippen LogP contribution is -2.22. The van der Waals surface area contributed by atoms with Crippen molar-refractivity contribution in [3.05, 3.63) is 70.2 Å². The van der Waals surface area contributed by atoms with Gasteiger partial charge < -0.3 is 5.32 Å². The summed E-state index contributed by atoms with van der Waals surface area (Å²) in [5.74, 6) is -0.0814. The van der Waals surface area contributed by atoms with Gasteiger partial charge in [0.15, 0.2) is 0 Å². The van der Waals surface area contributed by atoms with Crippen molar-refractivity contribution >= 4 is 61.4 Å². The van der Waals surface area contributed by atoms with E-state index in [9.17, 15) is 4.79 Å². The number of nitrogens with zero attached hydrogens (tertiary/aromatic N) is 1. The Balaban J connectivity index is 1.60. The summed E-state index contributed by atoms with van der Waals surface area (Å²) in [6.07, 6.45) is 2.06. The van der Waals surface area contributed by atoms with Gasteiger partial charge in [0.1, 0.15) is 5.71 Å². The molecular weight excluding hydrogens is 444 g/mol. The minimum absolute atomic E-state index is 0.0814. The van der Waals surface area contributed by atoms with Crippen LogP contribution in [-0.4, -0.2) is 18.2 Å². The van der Waals surface area contributed by atoms with E-state index < -0.39 is 0 Å². The number of hydrogen-bond acceptors (Lipinski definition) is 3. The molecule has 1 aliphatic carbocycles. The highest BCUT2D eigenvalue weighted by molar-refractivity contribution is 9.10. The van der Waals surface area contributed by atoms with Gasteiger partial charge >= 0.3 is 0 Å². The van der Waals surface area contributed by atoms with Gasteiger partial charge in [-0.05, 0) is 47.7 Å². The van der Waals surface area contributed by atoms with E-state index in [1.54, 1.807) is 11.8 Å². The maximum atomic E-state index is 12.6. The van der Waals surface area contributed by atoms with Crippen molar-refractivity contribution in [2.24, 2.45) is 4.99 Å². The van der Waals surface area contributed by atoms with Crippen molar-refractivity contribution in [3.63, 3.8) is 0 Å². The van der Waals surface area contributed by atoms with Crippen molar-refractivity contribution < 1.29 is 4.79 Å². The van der Waals surface area contributed by atoms with Crippen molar-refractivity contribution in [1.29, 1.82) is 0 Å². The standard InChI is InChI=1S/C24H19BrN2OS/c1-2-3-13-26-23-21-17-11-12-19(29-15-9-7-14(25)8-10-15)16-5-4-6-18(20(16)17)22(21)27-24(23)28/h4-12H,2-3,13H2,1H3,(H,26,27,28). The SMILES string of the molecule is CCCCN=C1C(=O)NC2=C1c1ccc(Sc3ccc(Br)cc3)c3cccc2c13. The fourth-order valence-corrected chi connectivity index (χ4v) is 5.15. The Morgan fingerprint density at radius 1 is 1.03 bits per heavy atom. The van der Waals surface area contributed by atoms with Gasteiger partial charge in [-0.25, -0.2) is 0 Å². The molecule has 0 bridgehead atoms. The van der Waals surface area contributed by atoms with Crippen LogP contribution >= 0.6 is 27.7 Å². The smallest absolute Gasteiger partial charge is 0.274 e. The second-order valence-electron chi connectivity index (χ2n) is 7.18. The fourth-order valence-electron chi connectivity index (χ4n) is 3.95. The van der Waals surface area contributed by atoms with E-state index in [2.05, 4.69) is 87.8 Å². The molecule has 0 radical (unpaired) electrons. The Bertz CT molecular complexity index is 1210. The van der Waals surface area contributed by atoms with Crippen LogP contribution in [0.25, 0.3) is 22.0 Å². The van der Waals surface area contributed by atoms with Crippen LogP contribution in [0.15, 0.2) is 73.9 Å². The highest BCUT2D eigenvalue weighted by atomic mass is 79.9. The third-order valence-corrected chi connectivity index (χ3v) is 6.92. The molecule has 29 heavy (non-hydrogen) atoms. The van der Waals surface area contributed by atoms with Gasteiger partial charge in [-0.15, -0.1) is 0 Å². The van der Waals surface area contributed by atoms with Gasteiger partial charge in [0.25, 0.3) is 5.91 Å². The molecule has 0 atom stereocenters. The number of carbonyl (C=O) groups is 1. The van der Waals surface area contributed by atoms with Crippen LogP contribution < -0.4 is 5.32 Å². The maximum absolute atomic E-state index is 12.6. The molecule has 3 nitrogen and oxygen atoms in total. The molecule has 5 heteroatoms. The monoisotopic (exact) mass is 462 g/mol. The topological polar surface area (TPSA) is 41.5 Å².